The van der Waals surface area contributed by atoms with Gasteiger partial charge in [-0.05, 0) is 60.9 Å². The van der Waals surface area contributed by atoms with Gasteiger partial charge in [0.2, 0.25) is 5.16 Å². The van der Waals surface area contributed by atoms with Gasteiger partial charge >= 0.3 is 0 Å². The average Bonchev–Trinajstić information content (AvgIpc) is 3.01. The van der Waals surface area contributed by atoms with Crippen LogP contribution in [0.5, 0.6) is 0 Å². The molecular weight excluding hydrogens is 340 g/mol. The fourth-order valence-electron chi connectivity index (χ4n) is 2.57. The molecule has 0 bridgehead atoms. The van der Waals surface area contributed by atoms with Crippen LogP contribution in [0.2, 0.25) is 5.02 Å². The lowest BCUT2D eigenvalue weighted by Gasteiger charge is -2.15. The highest BCUT2D eigenvalue weighted by atomic mass is 35.5. The van der Waals surface area contributed by atoms with E-state index in [1.54, 1.807) is 11.8 Å². The zero-order chi connectivity index (χ0) is 16.7. The fourth-order valence-corrected chi connectivity index (χ4v) is 3.53. The summed E-state index contributed by atoms with van der Waals surface area (Å²) in [4.78, 5) is 0. The van der Waals surface area contributed by atoms with Gasteiger partial charge in [-0.2, -0.15) is 9.78 Å². The molecule has 1 aliphatic rings. The number of halogens is 1. The smallest absolute Gasteiger partial charge is 0.187 e. The molecule has 0 aliphatic carbocycles. The predicted molar refractivity (Wildman–Crippen MR) is 99.0 cm³/mol. The Kier molecular flexibility index (Phi) is 3.90. The Morgan fingerprint density at radius 1 is 0.958 bits per heavy atom. The fraction of sp³-hybridized carbons (Fsp3) is 0.167. The Bertz CT molecular complexity index is 944. The molecule has 0 spiro atoms. The molecule has 6 heteroatoms. The maximum Gasteiger partial charge on any atom is 0.212 e. The maximum absolute atomic E-state index is 5.97. The van der Waals surface area contributed by atoms with Gasteiger partial charge < -0.3 is 0 Å². The van der Waals surface area contributed by atoms with Crippen LogP contribution in [0, 0.1) is 13.8 Å². The first-order valence-electron chi connectivity index (χ1n) is 7.61. The first-order valence-corrected chi connectivity index (χ1v) is 8.98. The summed E-state index contributed by atoms with van der Waals surface area (Å²) >= 11 is 7.63. The third kappa shape index (κ3) is 2.74. The van der Waals surface area contributed by atoms with Gasteiger partial charge in [-0.3, -0.25) is 0 Å². The number of fused-ring (bicyclic) bond motifs is 1. The molecule has 24 heavy (non-hydrogen) atoms. The lowest BCUT2D eigenvalue weighted by atomic mass is 10.0. The number of nitrogens with zero attached hydrogens (tertiary/aromatic N) is 4. The van der Waals surface area contributed by atoms with Crippen LogP contribution in [0.15, 0.2) is 52.7 Å². The second-order valence-electron chi connectivity index (χ2n) is 5.76. The Labute approximate surface area is 149 Å². The summed E-state index contributed by atoms with van der Waals surface area (Å²) in [5.74, 6) is 1.52. The molecule has 0 fully saturated rings. The molecule has 4 rings (SSSR count). The Balaban J connectivity index is 1.78. The van der Waals surface area contributed by atoms with Gasteiger partial charge in [0.25, 0.3) is 0 Å². The number of aromatic nitrogens is 3. The maximum atomic E-state index is 5.97. The number of rotatable bonds is 2. The second-order valence-corrected chi connectivity index (χ2v) is 7.14. The third-order valence-corrected chi connectivity index (χ3v) is 5.30. The Morgan fingerprint density at radius 2 is 1.71 bits per heavy atom. The third-order valence-electron chi connectivity index (χ3n) is 4.11. The topological polar surface area (TPSA) is 43.1 Å². The molecule has 3 aromatic rings. The molecule has 0 saturated carbocycles. The monoisotopic (exact) mass is 354 g/mol. The zero-order valence-electron chi connectivity index (χ0n) is 13.3. The van der Waals surface area contributed by atoms with Crippen molar-refractivity contribution in [3.8, 4) is 11.4 Å². The molecule has 0 radical (unpaired) electrons. The second kappa shape index (κ2) is 6.07. The molecule has 0 amide bonds. The molecule has 0 N–H and O–H groups in total. The van der Waals surface area contributed by atoms with E-state index in [1.165, 1.54) is 11.1 Å². The van der Waals surface area contributed by atoms with Crippen LogP contribution in [-0.2, 0) is 0 Å². The summed E-state index contributed by atoms with van der Waals surface area (Å²) in [6, 6.07) is 14.0. The van der Waals surface area contributed by atoms with E-state index in [-0.39, 0.29) is 0 Å². The number of aryl methyl sites for hydroxylation is 2. The van der Waals surface area contributed by atoms with Gasteiger partial charge in [0, 0.05) is 16.3 Å². The van der Waals surface area contributed by atoms with E-state index in [2.05, 4.69) is 42.2 Å². The SMILES string of the molecule is Cc1ccc(C2=Nn3c(nnc3-c3ccc(Cl)cc3)SC2)cc1C. The van der Waals surface area contributed by atoms with Gasteiger partial charge in [0.05, 0.1) is 5.71 Å². The molecule has 1 aromatic heterocycles. The lowest BCUT2D eigenvalue weighted by Crippen LogP contribution is -2.14. The molecule has 4 nitrogen and oxygen atoms in total. The number of thioether (sulfide) groups is 1. The van der Waals surface area contributed by atoms with Gasteiger partial charge in [0.15, 0.2) is 5.82 Å². The highest BCUT2D eigenvalue weighted by Gasteiger charge is 2.20. The Hall–Kier alpha value is -2.11. The van der Waals surface area contributed by atoms with E-state index in [1.807, 2.05) is 28.9 Å². The molecule has 0 unspecified atom stereocenters. The number of benzene rings is 2. The quantitative estimate of drug-likeness (QED) is 0.676. The van der Waals surface area contributed by atoms with Gasteiger partial charge in [-0.25, -0.2) is 0 Å². The summed E-state index contributed by atoms with van der Waals surface area (Å²) in [5, 5.41) is 14.9. The highest BCUT2D eigenvalue weighted by Crippen LogP contribution is 2.29. The van der Waals surface area contributed by atoms with Crippen LogP contribution < -0.4 is 0 Å². The highest BCUT2D eigenvalue weighted by molar-refractivity contribution is 7.99. The minimum atomic E-state index is 0.700. The normalized spacial score (nSPS) is 13.5. The minimum Gasteiger partial charge on any atom is -0.187 e. The van der Waals surface area contributed by atoms with Crippen molar-refractivity contribution < 1.29 is 0 Å². The minimum absolute atomic E-state index is 0.700. The van der Waals surface area contributed by atoms with Crippen molar-refractivity contribution in [3.05, 3.63) is 64.2 Å². The van der Waals surface area contributed by atoms with Crippen molar-refractivity contribution in [1.29, 1.82) is 0 Å². The summed E-state index contributed by atoms with van der Waals surface area (Å²) in [6.45, 7) is 4.24. The van der Waals surface area contributed by atoms with Crippen molar-refractivity contribution in [3.63, 3.8) is 0 Å². The van der Waals surface area contributed by atoms with Gasteiger partial charge in [-0.15, -0.1) is 10.2 Å². The summed E-state index contributed by atoms with van der Waals surface area (Å²) in [7, 11) is 0. The van der Waals surface area contributed by atoms with Crippen molar-refractivity contribution in [2.75, 3.05) is 5.75 Å². The predicted octanol–water partition coefficient (Wildman–Crippen LogP) is 4.57. The first-order chi connectivity index (χ1) is 11.6. The molecule has 2 heterocycles. The largest absolute Gasteiger partial charge is 0.212 e. The summed E-state index contributed by atoms with van der Waals surface area (Å²) < 4.78 is 1.82. The zero-order valence-corrected chi connectivity index (χ0v) is 14.9. The molecule has 0 atom stereocenters. The van der Waals surface area contributed by atoms with Crippen molar-refractivity contribution in [2.24, 2.45) is 5.10 Å². The van der Waals surface area contributed by atoms with Crippen molar-refractivity contribution in [1.82, 2.24) is 14.9 Å². The van der Waals surface area contributed by atoms with E-state index in [4.69, 9.17) is 16.7 Å². The van der Waals surface area contributed by atoms with Crippen molar-refractivity contribution >= 4 is 29.1 Å². The van der Waals surface area contributed by atoms with E-state index in [0.29, 0.717) is 5.02 Å². The average molecular weight is 355 g/mol. The van der Waals surface area contributed by atoms with E-state index >= 15 is 0 Å². The van der Waals surface area contributed by atoms with Crippen molar-refractivity contribution in [2.45, 2.75) is 19.0 Å². The summed E-state index contributed by atoms with van der Waals surface area (Å²) in [6.07, 6.45) is 0. The van der Waals surface area contributed by atoms with E-state index in [9.17, 15) is 0 Å². The number of hydrogen-bond acceptors (Lipinski definition) is 4. The van der Waals surface area contributed by atoms with Crippen LogP contribution in [0.1, 0.15) is 16.7 Å². The molecule has 1 aliphatic heterocycles. The molecule has 2 aromatic carbocycles. The van der Waals surface area contributed by atoms with Gasteiger partial charge in [0.1, 0.15) is 0 Å². The van der Waals surface area contributed by atoms with Crippen LogP contribution in [-0.4, -0.2) is 26.3 Å². The van der Waals surface area contributed by atoms with Crippen LogP contribution in [0.3, 0.4) is 0 Å². The standard InChI is InChI=1S/C18H15ClN4S/c1-11-3-4-14(9-12(11)2)16-10-24-18-21-20-17(23(18)22-16)13-5-7-15(19)8-6-13/h3-9H,10H2,1-2H3. The molecule has 120 valence electrons. The summed E-state index contributed by atoms with van der Waals surface area (Å²) in [5.41, 5.74) is 5.68. The van der Waals surface area contributed by atoms with Gasteiger partial charge in [-0.1, -0.05) is 35.5 Å². The molecular formula is C18H15ClN4S. The molecule has 0 saturated heterocycles. The first kappa shape index (κ1) is 15.4. The Morgan fingerprint density at radius 3 is 2.46 bits per heavy atom. The van der Waals surface area contributed by atoms with Crippen LogP contribution in [0.4, 0.5) is 0 Å². The van der Waals surface area contributed by atoms with Crippen LogP contribution in [0.25, 0.3) is 11.4 Å². The van der Waals surface area contributed by atoms with E-state index < -0.39 is 0 Å². The van der Waals surface area contributed by atoms with Crippen LogP contribution >= 0.6 is 23.4 Å². The number of hydrogen-bond donors (Lipinski definition) is 0. The lowest BCUT2D eigenvalue weighted by molar-refractivity contribution is 0.762. The van der Waals surface area contributed by atoms with E-state index in [0.717, 1.165) is 33.6 Å².